The Kier molecular flexibility index (Phi) is 7.37. The Morgan fingerprint density at radius 2 is 1.63 bits per heavy atom. The van der Waals surface area contributed by atoms with Gasteiger partial charge in [-0.2, -0.15) is 31.6 Å². The Morgan fingerprint density at radius 3 is 2.14 bits per heavy atom. The van der Waals surface area contributed by atoms with Crippen LogP contribution in [0.3, 0.4) is 0 Å². The summed E-state index contributed by atoms with van der Waals surface area (Å²) in [6, 6.07) is 5.85. The number of nitrogens with zero attached hydrogens (tertiary/aromatic N) is 1. The van der Waals surface area contributed by atoms with Crippen LogP contribution in [0.4, 0.5) is 37.7 Å². The fraction of sp³-hybridized carbons (Fsp3) is 0.318. The molecule has 5 N–H and O–H groups in total. The van der Waals surface area contributed by atoms with Crippen LogP contribution in [0.25, 0.3) is 0 Å². The van der Waals surface area contributed by atoms with Gasteiger partial charge in [-0.25, -0.2) is 0 Å². The van der Waals surface area contributed by atoms with E-state index >= 15 is 0 Å². The normalized spacial score (nSPS) is 20.2. The minimum Gasteiger partial charge on any atom is -0.325 e. The number of halogens is 6. The van der Waals surface area contributed by atoms with Crippen molar-refractivity contribution < 1.29 is 35.9 Å². The summed E-state index contributed by atoms with van der Waals surface area (Å²) in [5, 5.41) is 16.0. The van der Waals surface area contributed by atoms with Gasteiger partial charge >= 0.3 is 12.4 Å². The topological polar surface area (TPSA) is 120 Å². The first kappa shape index (κ1) is 26.0. The number of nitriles is 1. The third-order valence-electron chi connectivity index (χ3n) is 5.46. The van der Waals surface area contributed by atoms with Crippen molar-refractivity contribution in [2.45, 2.75) is 36.8 Å². The Labute approximate surface area is 195 Å². The van der Waals surface area contributed by atoms with Crippen molar-refractivity contribution in [3.8, 4) is 6.07 Å². The van der Waals surface area contributed by atoms with Crippen molar-refractivity contribution in [1.29, 1.82) is 5.26 Å². The zero-order chi connectivity index (χ0) is 26.0. The van der Waals surface area contributed by atoms with E-state index in [4.69, 9.17) is 11.0 Å². The number of nitrogens with one attached hydrogen (secondary N) is 3. The van der Waals surface area contributed by atoms with Crippen LogP contribution in [-0.2, 0) is 15.8 Å². The fourth-order valence-electron chi connectivity index (χ4n) is 3.83. The van der Waals surface area contributed by atoms with Crippen LogP contribution in [0.1, 0.15) is 29.0 Å². The minimum absolute atomic E-state index is 0.229. The summed E-state index contributed by atoms with van der Waals surface area (Å²) >= 11 is 0. The van der Waals surface area contributed by atoms with E-state index in [0.717, 1.165) is 12.1 Å². The lowest BCUT2D eigenvalue weighted by Crippen LogP contribution is -2.46. The molecular weight excluding hydrogens is 480 g/mol. The summed E-state index contributed by atoms with van der Waals surface area (Å²) < 4.78 is 81.1. The first-order chi connectivity index (χ1) is 16.3. The molecule has 1 aliphatic heterocycles. The maximum atomic E-state index is 13.7. The molecule has 2 aromatic rings. The van der Waals surface area contributed by atoms with Crippen molar-refractivity contribution in [3.63, 3.8) is 0 Å². The van der Waals surface area contributed by atoms with E-state index in [1.165, 1.54) is 30.3 Å². The second-order valence-electron chi connectivity index (χ2n) is 7.81. The number of carbonyl (C=O) groups is 2. The number of hydrogen-bond acceptors (Lipinski definition) is 5. The van der Waals surface area contributed by atoms with Crippen molar-refractivity contribution in [2.24, 2.45) is 5.73 Å². The van der Waals surface area contributed by atoms with Gasteiger partial charge < -0.3 is 16.4 Å². The molecule has 35 heavy (non-hydrogen) atoms. The van der Waals surface area contributed by atoms with Crippen LogP contribution in [0.5, 0.6) is 0 Å². The van der Waals surface area contributed by atoms with Gasteiger partial charge in [0, 0.05) is 17.3 Å². The number of rotatable bonds is 5. The van der Waals surface area contributed by atoms with Crippen LogP contribution in [0.2, 0.25) is 0 Å². The number of carbonyl (C=O) groups excluding carboxylic acids is 2. The van der Waals surface area contributed by atoms with Gasteiger partial charge in [0.15, 0.2) is 0 Å². The highest BCUT2D eigenvalue weighted by Crippen LogP contribution is 2.42. The smallest absolute Gasteiger partial charge is 0.325 e. The molecular formula is C22H19F6N5O2. The summed E-state index contributed by atoms with van der Waals surface area (Å²) in [5.74, 6) is -2.75. The molecule has 1 saturated heterocycles. The number of anilines is 2. The third-order valence-corrected chi connectivity index (χ3v) is 5.46. The second kappa shape index (κ2) is 9.93. The lowest BCUT2D eigenvalue weighted by atomic mass is 9.88. The standard InChI is InChI=1S/C22H19F6N5O2/c23-21(24,25)16-7-11(1-2-12(16)9-29)15-8-17(33-19(15)22(26,27)28)20(35)32-14-5-3-13(4-6-14)31-18(34)10-30/h1-7,15,17,19,33H,8,10,30H2,(H,31,34)(H,32,35). The number of nitrogens with two attached hydrogens (primary N) is 1. The molecule has 7 nitrogen and oxygen atoms in total. The molecule has 3 unspecified atom stereocenters. The van der Waals surface area contributed by atoms with Crippen LogP contribution in [0.15, 0.2) is 42.5 Å². The second-order valence-corrected chi connectivity index (χ2v) is 7.81. The molecule has 1 fully saturated rings. The van der Waals surface area contributed by atoms with Gasteiger partial charge in [-0.15, -0.1) is 0 Å². The number of alkyl halides is 6. The molecule has 3 atom stereocenters. The number of hydrogen-bond donors (Lipinski definition) is 4. The zero-order valence-electron chi connectivity index (χ0n) is 17.8. The highest BCUT2D eigenvalue weighted by molar-refractivity contribution is 5.96. The van der Waals surface area contributed by atoms with Crippen LogP contribution in [0, 0.1) is 11.3 Å². The molecule has 2 aromatic carbocycles. The van der Waals surface area contributed by atoms with E-state index in [9.17, 15) is 35.9 Å². The Morgan fingerprint density at radius 1 is 1.03 bits per heavy atom. The Balaban J connectivity index is 1.81. The first-order valence-corrected chi connectivity index (χ1v) is 10.2. The molecule has 13 heteroatoms. The molecule has 0 aliphatic carbocycles. The van der Waals surface area contributed by atoms with Gasteiger partial charge in [-0.1, -0.05) is 6.07 Å². The van der Waals surface area contributed by atoms with Gasteiger partial charge in [0.1, 0.15) is 6.04 Å². The van der Waals surface area contributed by atoms with Crippen LogP contribution in [-0.4, -0.2) is 36.6 Å². The average molecular weight is 499 g/mol. The Bertz CT molecular complexity index is 1140. The van der Waals surface area contributed by atoms with Gasteiger partial charge in [-0.05, 0) is 48.4 Å². The molecule has 1 aliphatic rings. The predicted octanol–water partition coefficient (Wildman–Crippen LogP) is 3.49. The molecule has 0 radical (unpaired) electrons. The van der Waals surface area contributed by atoms with Gasteiger partial charge in [0.05, 0.1) is 29.8 Å². The SMILES string of the molecule is N#Cc1ccc(C2CC(C(=O)Nc3ccc(NC(=O)CN)cc3)NC2C(F)(F)F)cc1C(F)(F)F. The molecule has 3 rings (SSSR count). The summed E-state index contributed by atoms with van der Waals surface area (Å²) in [6.45, 7) is -0.239. The van der Waals surface area contributed by atoms with E-state index < -0.39 is 59.7 Å². The maximum absolute atomic E-state index is 13.7. The van der Waals surface area contributed by atoms with Crippen molar-refractivity contribution in [3.05, 3.63) is 59.2 Å². The Hall–Kier alpha value is -3.63. The zero-order valence-corrected chi connectivity index (χ0v) is 17.8. The van der Waals surface area contributed by atoms with E-state index in [2.05, 4.69) is 16.0 Å². The van der Waals surface area contributed by atoms with Crippen molar-refractivity contribution in [1.82, 2.24) is 5.32 Å². The summed E-state index contributed by atoms with van der Waals surface area (Å²) in [4.78, 5) is 24.0. The monoisotopic (exact) mass is 499 g/mol. The quantitative estimate of drug-likeness (QED) is 0.470. The summed E-state index contributed by atoms with van der Waals surface area (Å²) in [6.07, 6.45) is -10.2. The number of benzene rings is 2. The third kappa shape index (κ3) is 6.09. The highest BCUT2D eigenvalue weighted by Gasteiger charge is 2.52. The van der Waals surface area contributed by atoms with E-state index in [1.807, 2.05) is 0 Å². The minimum atomic E-state index is -4.94. The lowest BCUT2D eigenvalue weighted by Gasteiger charge is -2.23. The van der Waals surface area contributed by atoms with Crippen LogP contribution >= 0.6 is 0 Å². The molecule has 0 bridgehead atoms. The molecule has 0 spiro atoms. The summed E-state index contributed by atoms with van der Waals surface area (Å²) in [7, 11) is 0. The van der Waals surface area contributed by atoms with Crippen molar-refractivity contribution >= 4 is 23.2 Å². The largest absolute Gasteiger partial charge is 0.417 e. The number of amides is 2. The molecule has 0 saturated carbocycles. The van der Waals surface area contributed by atoms with Gasteiger partial charge in [0.2, 0.25) is 11.8 Å². The van der Waals surface area contributed by atoms with Crippen molar-refractivity contribution in [2.75, 3.05) is 17.2 Å². The highest BCUT2D eigenvalue weighted by atomic mass is 19.4. The fourth-order valence-corrected chi connectivity index (χ4v) is 3.83. The molecule has 1 heterocycles. The lowest BCUT2D eigenvalue weighted by molar-refractivity contribution is -0.156. The van der Waals surface area contributed by atoms with E-state index in [1.54, 1.807) is 0 Å². The molecule has 186 valence electrons. The van der Waals surface area contributed by atoms with Gasteiger partial charge in [-0.3, -0.25) is 14.9 Å². The molecule has 0 aromatic heterocycles. The average Bonchev–Trinajstić information content (AvgIpc) is 3.25. The van der Waals surface area contributed by atoms with Crippen LogP contribution < -0.4 is 21.7 Å². The van der Waals surface area contributed by atoms with Gasteiger partial charge in [0.25, 0.3) is 0 Å². The molecule has 2 amide bonds. The predicted molar refractivity (Wildman–Crippen MR) is 113 cm³/mol. The first-order valence-electron chi connectivity index (χ1n) is 10.2. The van der Waals surface area contributed by atoms with E-state index in [0.29, 0.717) is 11.8 Å². The maximum Gasteiger partial charge on any atom is 0.417 e. The summed E-state index contributed by atoms with van der Waals surface area (Å²) in [5.41, 5.74) is 3.47. The van der Waals surface area contributed by atoms with E-state index in [-0.39, 0.29) is 17.8 Å².